The molecule has 0 saturated carbocycles. The molecule has 3 nitrogen and oxygen atoms in total. The first kappa shape index (κ1) is 10.5. The van der Waals surface area contributed by atoms with Crippen molar-refractivity contribution in [1.29, 1.82) is 0 Å². The lowest BCUT2D eigenvalue weighted by atomic mass is 9.87. The zero-order valence-corrected chi connectivity index (χ0v) is 10.8. The number of nitrogens with one attached hydrogen (secondary N) is 1. The molecule has 86 valence electrons. The molecule has 1 atom stereocenters. The van der Waals surface area contributed by atoms with Crippen molar-refractivity contribution in [3.63, 3.8) is 0 Å². The van der Waals surface area contributed by atoms with Crippen molar-refractivity contribution < 1.29 is 0 Å². The molecule has 0 aromatic carbocycles. The molecule has 0 radical (unpaired) electrons. The lowest BCUT2D eigenvalue weighted by Gasteiger charge is -2.23. The number of hydrogen-bond acceptors (Lipinski definition) is 3. The summed E-state index contributed by atoms with van der Waals surface area (Å²) in [5.41, 5.74) is 0.523. The Morgan fingerprint density at radius 3 is 3.00 bits per heavy atom. The lowest BCUT2D eigenvalue weighted by molar-refractivity contribution is 0.369. The van der Waals surface area contributed by atoms with Gasteiger partial charge >= 0.3 is 0 Å². The standard InChI is InChI=1S/C12H16BrN3/c13-10-1-2-11(15-7-10)16-6-4-12(9-16)3-5-14-8-12/h1-2,7,14H,3-6,8-9H2. The van der Waals surface area contributed by atoms with Gasteiger partial charge in [0, 0.05) is 35.7 Å². The van der Waals surface area contributed by atoms with Gasteiger partial charge in [-0.1, -0.05) is 0 Å². The van der Waals surface area contributed by atoms with E-state index in [-0.39, 0.29) is 0 Å². The van der Waals surface area contributed by atoms with Crippen molar-refractivity contribution in [3.8, 4) is 0 Å². The van der Waals surface area contributed by atoms with Gasteiger partial charge in [0.25, 0.3) is 0 Å². The van der Waals surface area contributed by atoms with E-state index in [9.17, 15) is 0 Å². The van der Waals surface area contributed by atoms with Gasteiger partial charge in [-0.25, -0.2) is 4.98 Å². The van der Waals surface area contributed by atoms with Crippen LogP contribution in [-0.2, 0) is 0 Å². The molecule has 0 aliphatic carbocycles. The van der Waals surface area contributed by atoms with Crippen LogP contribution in [0.25, 0.3) is 0 Å². The molecule has 2 saturated heterocycles. The highest BCUT2D eigenvalue weighted by Gasteiger charge is 2.40. The predicted octanol–water partition coefficient (Wildman–Crippen LogP) is 2.03. The van der Waals surface area contributed by atoms with E-state index in [0.29, 0.717) is 5.41 Å². The Morgan fingerprint density at radius 2 is 2.31 bits per heavy atom. The molecule has 1 aromatic rings. The average molecular weight is 282 g/mol. The number of halogens is 1. The molecule has 2 fully saturated rings. The van der Waals surface area contributed by atoms with Gasteiger partial charge in [-0.05, 0) is 47.4 Å². The fourth-order valence-electron chi connectivity index (χ4n) is 2.83. The van der Waals surface area contributed by atoms with Gasteiger partial charge in [0.2, 0.25) is 0 Å². The predicted molar refractivity (Wildman–Crippen MR) is 68.7 cm³/mol. The number of hydrogen-bond donors (Lipinski definition) is 1. The summed E-state index contributed by atoms with van der Waals surface area (Å²) in [7, 11) is 0. The summed E-state index contributed by atoms with van der Waals surface area (Å²) < 4.78 is 1.05. The van der Waals surface area contributed by atoms with E-state index in [1.54, 1.807) is 0 Å². The Morgan fingerprint density at radius 1 is 1.38 bits per heavy atom. The molecule has 1 unspecified atom stereocenters. The monoisotopic (exact) mass is 281 g/mol. The zero-order chi connectivity index (χ0) is 11.0. The topological polar surface area (TPSA) is 28.2 Å². The molecule has 0 bridgehead atoms. The summed E-state index contributed by atoms with van der Waals surface area (Å²) >= 11 is 3.42. The van der Waals surface area contributed by atoms with Crippen molar-refractivity contribution in [2.75, 3.05) is 31.1 Å². The zero-order valence-electron chi connectivity index (χ0n) is 9.25. The Labute approximate surface area is 104 Å². The van der Waals surface area contributed by atoms with Crippen LogP contribution in [-0.4, -0.2) is 31.2 Å². The molecule has 2 aliphatic rings. The number of aromatic nitrogens is 1. The number of pyridine rings is 1. The maximum atomic E-state index is 4.47. The molecule has 3 rings (SSSR count). The molecular weight excluding hydrogens is 266 g/mol. The Bertz CT molecular complexity index is 370. The summed E-state index contributed by atoms with van der Waals surface area (Å²) in [5.74, 6) is 1.12. The molecule has 1 aromatic heterocycles. The first-order valence-electron chi connectivity index (χ1n) is 5.85. The third-order valence-corrected chi connectivity index (χ3v) is 4.28. The molecule has 1 spiro atoms. The van der Waals surface area contributed by atoms with Gasteiger partial charge in [-0.3, -0.25) is 0 Å². The SMILES string of the molecule is Brc1ccc(N2CCC3(CCNC3)C2)nc1. The van der Waals surface area contributed by atoms with Gasteiger partial charge in [0.05, 0.1) is 0 Å². The molecular formula is C12H16BrN3. The van der Waals surface area contributed by atoms with Crippen molar-refractivity contribution in [3.05, 3.63) is 22.8 Å². The average Bonchev–Trinajstić information content (AvgIpc) is 2.91. The normalized spacial score (nSPS) is 29.2. The van der Waals surface area contributed by atoms with Gasteiger partial charge in [0.15, 0.2) is 0 Å². The van der Waals surface area contributed by atoms with E-state index in [0.717, 1.165) is 23.4 Å². The van der Waals surface area contributed by atoms with E-state index in [1.807, 2.05) is 6.20 Å². The van der Waals surface area contributed by atoms with Crippen LogP contribution in [0.15, 0.2) is 22.8 Å². The number of rotatable bonds is 1. The lowest BCUT2D eigenvalue weighted by Crippen LogP contribution is -2.29. The van der Waals surface area contributed by atoms with E-state index in [4.69, 9.17) is 0 Å². The highest BCUT2D eigenvalue weighted by Crippen LogP contribution is 2.37. The quantitative estimate of drug-likeness (QED) is 0.854. The Balaban J connectivity index is 1.75. The van der Waals surface area contributed by atoms with Gasteiger partial charge < -0.3 is 10.2 Å². The van der Waals surface area contributed by atoms with Gasteiger partial charge in [-0.2, -0.15) is 0 Å². The van der Waals surface area contributed by atoms with E-state index < -0.39 is 0 Å². The van der Waals surface area contributed by atoms with Crippen LogP contribution in [0, 0.1) is 5.41 Å². The van der Waals surface area contributed by atoms with E-state index in [1.165, 1.54) is 25.9 Å². The fraction of sp³-hybridized carbons (Fsp3) is 0.583. The van der Waals surface area contributed by atoms with Crippen LogP contribution in [0.2, 0.25) is 0 Å². The summed E-state index contributed by atoms with van der Waals surface area (Å²) in [4.78, 5) is 6.89. The van der Waals surface area contributed by atoms with Crippen LogP contribution < -0.4 is 10.2 Å². The summed E-state index contributed by atoms with van der Waals surface area (Å²) in [5, 5.41) is 3.48. The number of anilines is 1. The highest BCUT2D eigenvalue weighted by atomic mass is 79.9. The van der Waals surface area contributed by atoms with Crippen LogP contribution in [0.5, 0.6) is 0 Å². The second kappa shape index (κ2) is 4.00. The fourth-order valence-corrected chi connectivity index (χ4v) is 3.06. The first-order valence-corrected chi connectivity index (χ1v) is 6.64. The minimum absolute atomic E-state index is 0.523. The second-order valence-corrected chi connectivity index (χ2v) is 5.85. The van der Waals surface area contributed by atoms with Crippen LogP contribution >= 0.6 is 15.9 Å². The molecule has 4 heteroatoms. The molecule has 0 amide bonds. The van der Waals surface area contributed by atoms with Gasteiger partial charge in [0.1, 0.15) is 5.82 Å². The largest absolute Gasteiger partial charge is 0.356 e. The van der Waals surface area contributed by atoms with E-state index in [2.05, 4.69) is 43.3 Å². The minimum Gasteiger partial charge on any atom is -0.356 e. The summed E-state index contributed by atoms with van der Waals surface area (Å²) in [6.45, 7) is 4.67. The van der Waals surface area contributed by atoms with Crippen molar-refractivity contribution in [2.45, 2.75) is 12.8 Å². The van der Waals surface area contributed by atoms with Crippen LogP contribution in [0.4, 0.5) is 5.82 Å². The van der Waals surface area contributed by atoms with Crippen molar-refractivity contribution in [1.82, 2.24) is 10.3 Å². The maximum Gasteiger partial charge on any atom is 0.128 e. The summed E-state index contributed by atoms with van der Waals surface area (Å²) in [6.07, 6.45) is 4.50. The Kier molecular flexibility index (Phi) is 2.64. The Hall–Kier alpha value is -0.610. The molecule has 16 heavy (non-hydrogen) atoms. The second-order valence-electron chi connectivity index (χ2n) is 4.93. The summed E-state index contributed by atoms with van der Waals surface area (Å²) in [6, 6.07) is 4.17. The smallest absolute Gasteiger partial charge is 0.128 e. The molecule has 2 aliphatic heterocycles. The highest BCUT2D eigenvalue weighted by molar-refractivity contribution is 9.10. The molecule has 3 heterocycles. The van der Waals surface area contributed by atoms with Crippen LogP contribution in [0.1, 0.15) is 12.8 Å². The van der Waals surface area contributed by atoms with Crippen LogP contribution in [0.3, 0.4) is 0 Å². The minimum atomic E-state index is 0.523. The maximum absolute atomic E-state index is 4.47. The first-order chi connectivity index (χ1) is 7.77. The van der Waals surface area contributed by atoms with E-state index >= 15 is 0 Å². The van der Waals surface area contributed by atoms with Crippen molar-refractivity contribution >= 4 is 21.7 Å². The van der Waals surface area contributed by atoms with Gasteiger partial charge in [-0.15, -0.1) is 0 Å². The number of nitrogens with zero attached hydrogens (tertiary/aromatic N) is 2. The van der Waals surface area contributed by atoms with Crippen molar-refractivity contribution in [2.24, 2.45) is 5.41 Å². The molecule has 1 N–H and O–H groups in total. The third kappa shape index (κ3) is 1.84. The third-order valence-electron chi connectivity index (χ3n) is 3.81.